The number of rotatable bonds is 4. The van der Waals surface area contributed by atoms with E-state index in [1.54, 1.807) is 0 Å². The maximum Gasteiger partial charge on any atom is 0.762 e. The van der Waals surface area contributed by atoms with Crippen molar-refractivity contribution in [1.82, 2.24) is 9.91 Å². The monoisotopic (exact) mass is 492 g/mol. The summed E-state index contributed by atoms with van der Waals surface area (Å²) in [5, 5.41) is 7.15. The van der Waals surface area contributed by atoms with E-state index in [9.17, 15) is 12.9 Å². The van der Waals surface area contributed by atoms with E-state index >= 15 is 0 Å². The zero-order chi connectivity index (χ0) is 21.5. The van der Waals surface area contributed by atoms with E-state index in [4.69, 9.17) is 5.10 Å². The maximum absolute atomic E-state index is 9.67. The van der Waals surface area contributed by atoms with E-state index in [0.29, 0.717) is 0 Å². The molecule has 3 aromatic rings. The van der Waals surface area contributed by atoms with Crippen molar-refractivity contribution < 1.29 is 17.7 Å². The van der Waals surface area contributed by atoms with Crippen LogP contribution in [0.15, 0.2) is 94.5 Å². The fourth-order valence-corrected chi connectivity index (χ4v) is 3.60. The zero-order valence-corrected chi connectivity index (χ0v) is 18.3. The summed E-state index contributed by atoms with van der Waals surface area (Å²) < 4.78 is 30.1. The Hall–Kier alpha value is -2.81. The molecule has 0 saturated heterocycles. The molecule has 0 spiro atoms. The molecule has 1 heterocycles. The van der Waals surface area contributed by atoms with Crippen LogP contribution in [0.2, 0.25) is 0 Å². The molecule has 0 saturated carbocycles. The van der Waals surface area contributed by atoms with E-state index in [2.05, 4.69) is 112 Å². The van der Waals surface area contributed by atoms with Gasteiger partial charge in [0.15, 0.2) is 5.84 Å². The first-order valence-corrected chi connectivity index (χ1v) is 10.1. The fraction of sp³-hybridized carbons (Fsp3) is 0.136. The molecule has 1 aliphatic rings. The summed E-state index contributed by atoms with van der Waals surface area (Å²) in [6.07, 6.45) is 0.0788. The highest BCUT2D eigenvalue weighted by molar-refractivity contribution is 9.10. The van der Waals surface area contributed by atoms with Gasteiger partial charge in [-0.2, -0.15) is 5.10 Å². The molecular formula is C22H20BBrF4N3-. The van der Waals surface area contributed by atoms with Gasteiger partial charge < -0.3 is 9.60 Å². The van der Waals surface area contributed by atoms with Crippen LogP contribution in [0.3, 0.4) is 0 Å². The number of hydrogen-bond acceptors (Lipinski definition) is 3. The summed E-state index contributed by atoms with van der Waals surface area (Å²) in [5.41, 5.74) is 3.61. The van der Waals surface area contributed by atoms with Gasteiger partial charge in [0.1, 0.15) is 6.17 Å². The molecule has 0 N–H and O–H groups in total. The number of nitrogens with zero attached hydrogens (tertiary/aromatic N) is 3. The van der Waals surface area contributed by atoms with Crippen LogP contribution >= 0.6 is 15.9 Å². The largest absolute Gasteiger partial charge is 1.00 e. The predicted molar refractivity (Wildman–Crippen MR) is 119 cm³/mol. The van der Waals surface area contributed by atoms with Crippen molar-refractivity contribution in [3.8, 4) is 0 Å². The lowest BCUT2D eigenvalue weighted by molar-refractivity contribution is -0.00000873. The van der Waals surface area contributed by atoms with Crippen molar-refractivity contribution in [2.75, 3.05) is 7.05 Å². The Balaban J connectivity index is 0.000000631. The highest BCUT2D eigenvalue weighted by Gasteiger charge is 2.33. The molecule has 9 heteroatoms. The van der Waals surface area contributed by atoms with Gasteiger partial charge in [0, 0.05) is 17.1 Å². The van der Waals surface area contributed by atoms with Crippen molar-refractivity contribution in [1.29, 1.82) is 0 Å². The van der Waals surface area contributed by atoms with Gasteiger partial charge in [0.2, 0.25) is 0 Å². The van der Waals surface area contributed by atoms with Crippen LogP contribution in [-0.2, 0) is 6.54 Å². The van der Waals surface area contributed by atoms with Crippen molar-refractivity contribution in [2.24, 2.45) is 5.10 Å². The molecule has 4 rings (SSSR count). The molecular weight excluding hydrogens is 473 g/mol. The molecule has 1 aliphatic heterocycles. The Bertz CT molecular complexity index is 957. The van der Waals surface area contributed by atoms with Crippen LogP contribution < -0.4 is 4.70 Å². The van der Waals surface area contributed by atoms with Gasteiger partial charge in [-0.25, -0.2) is 0 Å². The summed E-state index contributed by atoms with van der Waals surface area (Å²) in [6, 6.07) is 29.4. The first-order chi connectivity index (χ1) is 14.5. The Morgan fingerprint density at radius 1 is 0.871 bits per heavy atom. The summed E-state index contributed by atoms with van der Waals surface area (Å²) in [5.74, 6) is 0.997. The number of amidine groups is 1. The summed E-state index contributed by atoms with van der Waals surface area (Å²) in [7, 11) is -1.55. The first-order valence-electron chi connectivity index (χ1n) is 9.31. The van der Waals surface area contributed by atoms with Crippen LogP contribution in [-0.4, -0.2) is 30.3 Å². The van der Waals surface area contributed by atoms with E-state index in [1.807, 2.05) is 6.07 Å². The average molecular weight is 493 g/mol. The van der Waals surface area contributed by atoms with Crippen molar-refractivity contribution in [3.63, 3.8) is 0 Å². The molecule has 3 aromatic carbocycles. The van der Waals surface area contributed by atoms with Gasteiger partial charge in [0.05, 0.1) is 6.54 Å². The van der Waals surface area contributed by atoms with Gasteiger partial charge >= 0.3 is 7.54 Å². The maximum atomic E-state index is 9.67. The van der Waals surface area contributed by atoms with Crippen LogP contribution in [0, 0.1) is 0 Å². The lowest BCUT2D eigenvalue weighted by Crippen LogP contribution is -3.00. The third-order valence-electron chi connectivity index (χ3n) is 4.59. The second-order valence-corrected chi connectivity index (χ2v) is 7.57. The van der Waals surface area contributed by atoms with E-state index in [1.165, 1.54) is 11.1 Å². The minimum absolute atomic E-state index is 0. The lowest BCUT2D eigenvalue weighted by Gasteiger charge is -2.29. The molecule has 0 fully saturated rings. The number of benzene rings is 3. The van der Waals surface area contributed by atoms with Crippen LogP contribution in [0.25, 0.3) is 0 Å². The van der Waals surface area contributed by atoms with Gasteiger partial charge in [-0.05, 0) is 23.3 Å². The minimum Gasteiger partial charge on any atom is -1.00 e. The van der Waals surface area contributed by atoms with E-state index < -0.39 is 7.54 Å². The highest BCUT2D eigenvalue weighted by atomic mass is 79.9. The fourth-order valence-electron chi connectivity index (χ4n) is 3.33. The standard InChI is InChI=1S/C22H20BrN3.BF3.FH/c1-25-21(18-8-4-2-5-9-18)24-26(16-17-12-14-20(23)15-13-17)22(25)19-10-6-3-7-11-19;2-1(3)4;/h2-15,22H,16H2,1H3;;1H/p-1. The third-order valence-corrected chi connectivity index (χ3v) is 5.12. The number of hydrazone groups is 1. The minimum atomic E-state index is -3.67. The Morgan fingerprint density at radius 3 is 1.94 bits per heavy atom. The molecule has 162 valence electrons. The van der Waals surface area contributed by atoms with Gasteiger partial charge in [-0.1, -0.05) is 88.7 Å². The summed E-state index contributed by atoms with van der Waals surface area (Å²) in [6.45, 7) is 0.757. The summed E-state index contributed by atoms with van der Waals surface area (Å²) >= 11 is 3.51. The van der Waals surface area contributed by atoms with E-state index in [0.717, 1.165) is 22.4 Å². The van der Waals surface area contributed by atoms with Crippen molar-refractivity contribution in [2.45, 2.75) is 12.7 Å². The smallest absolute Gasteiger partial charge is 0.762 e. The van der Waals surface area contributed by atoms with Gasteiger partial charge in [-0.3, -0.25) is 18.0 Å². The van der Waals surface area contributed by atoms with Gasteiger partial charge in [-0.15, -0.1) is 0 Å². The second-order valence-electron chi connectivity index (χ2n) is 6.66. The Labute approximate surface area is 187 Å². The van der Waals surface area contributed by atoms with Crippen LogP contribution in [0.5, 0.6) is 0 Å². The summed E-state index contributed by atoms with van der Waals surface area (Å²) in [4.78, 5) is 2.25. The first kappa shape index (κ1) is 24.5. The van der Waals surface area contributed by atoms with E-state index in [-0.39, 0.29) is 10.9 Å². The van der Waals surface area contributed by atoms with Crippen molar-refractivity contribution >= 4 is 29.3 Å². The zero-order valence-electron chi connectivity index (χ0n) is 16.7. The highest BCUT2D eigenvalue weighted by Crippen LogP contribution is 2.33. The Kier molecular flexibility index (Phi) is 9.11. The molecule has 1 atom stereocenters. The Morgan fingerprint density at radius 2 is 1.39 bits per heavy atom. The molecule has 0 radical (unpaired) electrons. The van der Waals surface area contributed by atoms with Gasteiger partial charge in [0.25, 0.3) is 0 Å². The number of hydrogen-bond donors (Lipinski definition) is 0. The molecule has 3 nitrogen and oxygen atoms in total. The molecule has 31 heavy (non-hydrogen) atoms. The SMILES string of the molecule is CN1C(c2ccccc2)=NN(Cc2ccc(Br)cc2)C1c1ccccc1.FB(F)F.[F-]. The molecule has 1 unspecified atom stereocenters. The predicted octanol–water partition coefficient (Wildman–Crippen LogP) is 3.14. The normalized spacial score (nSPS) is 14.9. The molecule has 0 amide bonds. The molecule has 0 aliphatic carbocycles. The lowest BCUT2D eigenvalue weighted by atomic mass is 10.1. The van der Waals surface area contributed by atoms with Crippen LogP contribution in [0.1, 0.15) is 22.9 Å². The molecule has 0 bridgehead atoms. The topological polar surface area (TPSA) is 18.8 Å². The van der Waals surface area contributed by atoms with Crippen molar-refractivity contribution in [3.05, 3.63) is 106 Å². The molecule has 0 aromatic heterocycles. The number of halogens is 5. The quantitative estimate of drug-likeness (QED) is 0.411. The third kappa shape index (κ3) is 6.59. The second kappa shape index (κ2) is 11.5. The average Bonchev–Trinajstić information content (AvgIpc) is 3.06. The van der Waals surface area contributed by atoms with Crippen LogP contribution in [0.4, 0.5) is 12.9 Å².